The maximum absolute atomic E-state index is 13.3. The fourth-order valence-corrected chi connectivity index (χ4v) is 4.08. The first-order valence-electron chi connectivity index (χ1n) is 11.5. The van der Waals surface area contributed by atoms with E-state index in [4.69, 9.17) is 0 Å². The number of halogens is 3. The summed E-state index contributed by atoms with van der Waals surface area (Å²) in [5.41, 5.74) is 0.513. The third kappa shape index (κ3) is 5.94. The average Bonchev–Trinajstić information content (AvgIpc) is 2.89. The maximum Gasteiger partial charge on any atom is 0.417 e. The zero-order chi connectivity index (χ0) is 25.7. The Labute approximate surface area is 206 Å². The standard InChI is InChI=1S/C26H26F3N5O2/c1-18(19-7-3-2-4-8-19)31-25(36)32-23-12-11-20(17-30-23)33-13-15-34(16-14-33)24(35)21-9-5-6-10-22(21)26(27,28)29/h2-12,17-18H,13-16H2,1H3,(H2,30,31,32,36). The van der Waals surface area contributed by atoms with Gasteiger partial charge in [-0.3, -0.25) is 10.1 Å². The molecule has 1 atom stereocenters. The molecule has 1 aliphatic heterocycles. The molecule has 0 spiro atoms. The number of anilines is 2. The molecule has 1 aromatic heterocycles. The van der Waals surface area contributed by atoms with Gasteiger partial charge >= 0.3 is 12.2 Å². The van der Waals surface area contributed by atoms with Gasteiger partial charge in [0.15, 0.2) is 0 Å². The second-order valence-electron chi connectivity index (χ2n) is 8.46. The van der Waals surface area contributed by atoms with E-state index < -0.39 is 17.6 Å². The van der Waals surface area contributed by atoms with Gasteiger partial charge in [-0.15, -0.1) is 0 Å². The van der Waals surface area contributed by atoms with Gasteiger partial charge in [0.2, 0.25) is 0 Å². The molecule has 1 unspecified atom stereocenters. The summed E-state index contributed by atoms with van der Waals surface area (Å²) in [6, 6.07) is 17.4. The van der Waals surface area contributed by atoms with Gasteiger partial charge in [-0.1, -0.05) is 42.5 Å². The van der Waals surface area contributed by atoms with E-state index >= 15 is 0 Å². The minimum Gasteiger partial charge on any atom is -0.367 e. The lowest BCUT2D eigenvalue weighted by molar-refractivity contribution is -0.138. The number of pyridine rings is 1. The smallest absolute Gasteiger partial charge is 0.367 e. The molecule has 10 heteroatoms. The molecule has 0 aliphatic carbocycles. The van der Waals surface area contributed by atoms with E-state index in [-0.39, 0.29) is 30.7 Å². The van der Waals surface area contributed by atoms with Crippen molar-refractivity contribution in [3.05, 3.63) is 89.6 Å². The summed E-state index contributed by atoms with van der Waals surface area (Å²) < 4.78 is 39.9. The Balaban J connectivity index is 1.31. The lowest BCUT2D eigenvalue weighted by Crippen LogP contribution is -2.49. The minimum atomic E-state index is -4.59. The van der Waals surface area contributed by atoms with Gasteiger partial charge in [-0.05, 0) is 36.8 Å². The van der Waals surface area contributed by atoms with Gasteiger partial charge in [0.25, 0.3) is 5.91 Å². The Morgan fingerprint density at radius 1 is 0.917 bits per heavy atom. The van der Waals surface area contributed by atoms with Crippen molar-refractivity contribution in [3.63, 3.8) is 0 Å². The van der Waals surface area contributed by atoms with Crippen LogP contribution in [0.1, 0.15) is 34.5 Å². The number of rotatable bonds is 5. The van der Waals surface area contributed by atoms with Crippen LogP contribution in [0.5, 0.6) is 0 Å². The second-order valence-corrected chi connectivity index (χ2v) is 8.46. The Bertz CT molecular complexity index is 1190. The van der Waals surface area contributed by atoms with Crippen LogP contribution in [-0.2, 0) is 6.18 Å². The van der Waals surface area contributed by atoms with Crippen LogP contribution in [0.3, 0.4) is 0 Å². The Kier molecular flexibility index (Phi) is 7.42. The third-order valence-corrected chi connectivity index (χ3v) is 6.03. The number of hydrogen-bond donors (Lipinski definition) is 2. The van der Waals surface area contributed by atoms with E-state index in [0.29, 0.717) is 18.9 Å². The summed E-state index contributed by atoms with van der Waals surface area (Å²) in [5, 5.41) is 5.56. The predicted octanol–water partition coefficient (Wildman–Crippen LogP) is 4.95. The van der Waals surface area contributed by atoms with Crippen LogP contribution in [-0.4, -0.2) is 48.0 Å². The van der Waals surface area contributed by atoms with Gasteiger partial charge in [-0.25, -0.2) is 9.78 Å². The fourth-order valence-electron chi connectivity index (χ4n) is 4.08. The molecule has 2 heterocycles. The van der Waals surface area contributed by atoms with Crippen LogP contribution in [0, 0.1) is 0 Å². The number of nitrogens with one attached hydrogen (secondary N) is 2. The number of carbonyl (C=O) groups excluding carboxylic acids is 2. The van der Waals surface area contributed by atoms with E-state index in [2.05, 4.69) is 15.6 Å². The first-order chi connectivity index (χ1) is 17.2. The van der Waals surface area contributed by atoms with Gasteiger partial charge in [0, 0.05) is 26.2 Å². The van der Waals surface area contributed by atoms with E-state index in [0.717, 1.165) is 17.3 Å². The van der Waals surface area contributed by atoms with Crippen molar-refractivity contribution in [1.29, 1.82) is 0 Å². The molecule has 0 saturated carbocycles. The molecule has 1 aliphatic rings. The van der Waals surface area contributed by atoms with Crippen LogP contribution in [0.15, 0.2) is 72.9 Å². The Morgan fingerprint density at radius 3 is 2.22 bits per heavy atom. The maximum atomic E-state index is 13.3. The minimum absolute atomic E-state index is 0.174. The molecule has 0 radical (unpaired) electrons. The monoisotopic (exact) mass is 497 g/mol. The first-order valence-corrected chi connectivity index (χ1v) is 11.5. The summed E-state index contributed by atoms with van der Waals surface area (Å²) in [4.78, 5) is 32.8. The lowest BCUT2D eigenvalue weighted by Gasteiger charge is -2.36. The molecule has 188 valence electrons. The van der Waals surface area contributed by atoms with Crippen LogP contribution < -0.4 is 15.5 Å². The van der Waals surface area contributed by atoms with Gasteiger partial charge in [0.1, 0.15) is 5.82 Å². The second kappa shape index (κ2) is 10.7. The molecule has 1 fully saturated rings. The highest BCUT2D eigenvalue weighted by Gasteiger charge is 2.36. The van der Waals surface area contributed by atoms with E-state index in [1.54, 1.807) is 18.3 Å². The van der Waals surface area contributed by atoms with Crippen LogP contribution >= 0.6 is 0 Å². The van der Waals surface area contributed by atoms with E-state index in [1.165, 1.54) is 23.1 Å². The molecule has 7 nitrogen and oxygen atoms in total. The van der Waals surface area contributed by atoms with Crippen molar-refractivity contribution < 1.29 is 22.8 Å². The number of alkyl halides is 3. The Morgan fingerprint density at radius 2 is 1.58 bits per heavy atom. The highest BCUT2D eigenvalue weighted by Crippen LogP contribution is 2.32. The van der Waals surface area contributed by atoms with E-state index in [1.807, 2.05) is 42.2 Å². The summed E-state index contributed by atoms with van der Waals surface area (Å²) >= 11 is 0. The average molecular weight is 498 g/mol. The number of nitrogens with zero attached hydrogens (tertiary/aromatic N) is 3. The molecular formula is C26H26F3N5O2. The number of amides is 3. The molecule has 0 bridgehead atoms. The number of urea groups is 1. The highest BCUT2D eigenvalue weighted by atomic mass is 19.4. The largest absolute Gasteiger partial charge is 0.417 e. The number of hydrogen-bond acceptors (Lipinski definition) is 4. The molecule has 1 saturated heterocycles. The highest BCUT2D eigenvalue weighted by molar-refractivity contribution is 5.96. The Hall–Kier alpha value is -4.08. The van der Waals surface area contributed by atoms with Crippen LogP contribution in [0.2, 0.25) is 0 Å². The first kappa shape index (κ1) is 25.0. The van der Waals surface area contributed by atoms with Gasteiger partial charge in [0.05, 0.1) is 29.1 Å². The topological polar surface area (TPSA) is 77.6 Å². The molecular weight excluding hydrogens is 471 g/mol. The van der Waals surface area contributed by atoms with Crippen molar-refractivity contribution in [3.8, 4) is 0 Å². The molecule has 2 N–H and O–H groups in total. The lowest BCUT2D eigenvalue weighted by atomic mass is 10.1. The quantitative estimate of drug-likeness (QED) is 0.523. The fraction of sp³-hybridized carbons (Fsp3) is 0.269. The van der Waals surface area contributed by atoms with Crippen molar-refractivity contribution in [1.82, 2.24) is 15.2 Å². The SMILES string of the molecule is CC(NC(=O)Nc1ccc(N2CCN(C(=O)c3ccccc3C(F)(F)F)CC2)cn1)c1ccccc1. The number of piperazine rings is 1. The zero-order valence-corrected chi connectivity index (χ0v) is 19.6. The molecule has 3 aromatic rings. The third-order valence-electron chi connectivity index (χ3n) is 6.03. The van der Waals surface area contributed by atoms with Crippen molar-refractivity contribution in [2.45, 2.75) is 19.1 Å². The normalized spacial score (nSPS) is 14.8. The molecule has 3 amide bonds. The summed E-state index contributed by atoms with van der Waals surface area (Å²) in [6.45, 7) is 3.35. The van der Waals surface area contributed by atoms with Crippen molar-refractivity contribution >= 4 is 23.4 Å². The van der Waals surface area contributed by atoms with Crippen molar-refractivity contribution in [2.75, 3.05) is 36.4 Å². The van der Waals surface area contributed by atoms with Crippen LogP contribution in [0.4, 0.5) is 29.5 Å². The predicted molar refractivity (Wildman–Crippen MR) is 131 cm³/mol. The molecule has 2 aromatic carbocycles. The number of benzene rings is 2. The molecule has 4 rings (SSSR count). The van der Waals surface area contributed by atoms with Crippen LogP contribution in [0.25, 0.3) is 0 Å². The molecule has 36 heavy (non-hydrogen) atoms. The number of carbonyl (C=O) groups is 2. The summed E-state index contributed by atoms with van der Waals surface area (Å²) in [6.07, 6.45) is -2.97. The number of aromatic nitrogens is 1. The summed E-state index contributed by atoms with van der Waals surface area (Å²) in [7, 11) is 0. The van der Waals surface area contributed by atoms with Crippen molar-refractivity contribution in [2.24, 2.45) is 0 Å². The summed E-state index contributed by atoms with van der Waals surface area (Å²) in [5.74, 6) is -0.245. The van der Waals surface area contributed by atoms with Gasteiger partial charge in [-0.2, -0.15) is 13.2 Å². The van der Waals surface area contributed by atoms with Gasteiger partial charge < -0.3 is 15.1 Å². The van der Waals surface area contributed by atoms with E-state index in [9.17, 15) is 22.8 Å². The zero-order valence-electron chi connectivity index (χ0n) is 19.6.